The summed E-state index contributed by atoms with van der Waals surface area (Å²) in [5.41, 5.74) is 5.72. The van der Waals surface area contributed by atoms with Crippen LogP contribution in [-0.2, 0) is 32.3 Å². The fraction of sp³-hybridized carbons (Fsp3) is 0.389. The Bertz CT molecular complexity index is 1220. The van der Waals surface area contributed by atoms with Crippen LogP contribution in [0.3, 0.4) is 0 Å². The van der Waals surface area contributed by atoms with Gasteiger partial charge in [0.05, 0.1) is 11.8 Å². The quantitative estimate of drug-likeness (QED) is 0.178. The molecule has 2 atom stereocenters. The van der Waals surface area contributed by atoms with Crippen LogP contribution < -0.4 is 15.7 Å². The summed E-state index contributed by atoms with van der Waals surface area (Å²) in [6, 6.07) is -0.898. The Morgan fingerprint density at radius 1 is 1.47 bits per heavy atom. The molecule has 34 heavy (non-hydrogen) atoms. The van der Waals surface area contributed by atoms with Crippen LogP contribution in [-0.4, -0.2) is 77.7 Å². The topological polar surface area (TPSA) is 169 Å². The van der Waals surface area contributed by atoms with Crippen LogP contribution in [0.4, 0.5) is 5.13 Å². The molecule has 5 heterocycles. The molecule has 2 amide bonds. The molecule has 0 saturated carbocycles. The van der Waals surface area contributed by atoms with Gasteiger partial charge < -0.3 is 21.0 Å². The zero-order chi connectivity index (χ0) is 24.0. The SMILES string of the molecule is CO/N=C(\C(=O)NC1C(=O)N2C(C(=O)O)=C(SC3Cn4cnc[n+]4C3)CSC12)c1csc(N)n1. The molecule has 0 spiro atoms. The monoisotopic (exact) mass is 523 g/mol. The first-order chi connectivity index (χ1) is 16.4. The number of nitrogens with two attached hydrogens (primary N) is 1. The number of nitrogens with zero attached hydrogens (tertiary/aromatic N) is 6. The van der Waals surface area contributed by atoms with Crippen LogP contribution >= 0.6 is 34.9 Å². The average Bonchev–Trinajstić information content (AvgIpc) is 3.51. The van der Waals surface area contributed by atoms with Crippen LogP contribution in [0.25, 0.3) is 0 Å². The number of β-lactam (4-membered cyclic amide) rings is 1. The van der Waals surface area contributed by atoms with Crippen LogP contribution in [0.1, 0.15) is 5.69 Å². The van der Waals surface area contributed by atoms with E-state index in [2.05, 4.69) is 20.4 Å². The third-order valence-corrected chi connectivity index (χ3v) is 8.80. The Kier molecular flexibility index (Phi) is 5.95. The molecule has 1 fully saturated rings. The summed E-state index contributed by atoms with van der Waals surface area (Å²) in [7, 11) is 1.29. The van der Waals surface area contributed by atoms with Gasteiger partial charge in [-0.2, -0.15) is 9.36 Å². The van der Waals surface area contributed by atoms with Crippen molar-refractivity contribution in [1.29, 1.82) is 0 Å². The van der Waals surface area contributed by atoms with Crippen molar-refractivity contribution in [3.05, 3.63) is 34.3 Å². The second-order valence-corrected chi connectivity index (χ2v) is 10.9. The lowest BCUT2D eigenvalue weighted by molar-refractivity contribution is -0.758. The van der Waals surface area contributed by atoms with Gasteiger partial charge in [-0.15, -0.1) is 34.9 Å². The number of carboxylic acid groups (broad SMARTS) is 1. The summed E-state index contributed by atoms with van der Waals surface area (Å²) in [5, 5.41) is 17.7. The summed E-state index contributed by atoms with van der Waals surface area (Å²) in [4.78, 5) is 52.7. The van der Waals surface area contributed by atoms with Crippen molar-refractivity contribution in [3.8, 4) is 0 Å². The Morgan fingerprint density at radius 3 is 2.97 bits per heavy atom. The van der Waals surface area contributed by atoms with E-state index >= 15 is 0 Å². The number of carboxylic acids is 1. The van der Waals surface area contributed by atoms with Crippen LogP contribution in [0.15, 0.2) is 33.8 Å². The molecule has 0 bridgehead atoms. The van der Waals surface area contributed by atoms with Crippen molar-refractivity contribution in [2.24, 2.45) is 5.16 Å². The van der Waals surface area contributed by atoms with Gasteiger partial charge in [0.15, 0.2) is 10.8 Å². The Labute approximate surface area is 205 Å². The Morgan fingerprint density at radius 2 is 2.29 bits per heavy atom. The maximum atomic E-state index is 13.0. The average molecular weight is 524 g/mol. The van der Waals surface area contributed by atoms with Gasteiger partial charge in [0.2, 0.25) is 6.33 Å². The van der Waals surface area contributed by atoms with Crippen molar-refractivity contribution >= 4 is 63.5 Å². The molecule has 13 nitrogen and oxygen atoms in total. The number of hydrogen-bond donors (Lipinski definition) is 3. The Hall–Kier alpha value is -3.11. The highest BCUT2D eigenvalue weighted by Gasteiger charge is 2.55. The molecule has 16 heteroatoms. The highest BCUT2D eigenvalue weighted by Crippen LogP contribution is 2.44. The molecule has 0 aliphatic carbocycles. The predicted octanol–water partition coefficient (Wildman–Crippen LogP) is -0.928. The number of oxime groups is 1. The fourth-order valence-corrected chi connectivity index (χ4v) is 7.33. The van der Waals surface area contributed by atoms with Crippen molar-refractivity contribution < 1.29 is 29.0 Å². The lowest BCUT2D eigenvalue weighted by Crippen LogP contribution is -2.71. The van der Waals surface area contributed by atoms with E-state index in [1.807, 2.05) is 9.36 Å². The van der Waals surface area contributed by atoms with Gasteiger partial charge in [0.25, 0.3) is 11.8 Å². The minimum absolute atomic E-state index is 0.0259. The number of fused-ring (bicyclic) bond motifs is 2. The number of aromatic nitrogens is 4. The molecule has 0 radical (unpaired) electrons. The van der Waals surface area contributed by atoms with E-state index in [9.17, 15) is 19.5 Å². The molecule has 3 aliphatic rings. The van der Waals surface area contributed by atoms with Crippen molar-refractivity contribution in [1.82, 2.24) is 24.9 Å². The summed E-state index contributed by atoms with van der Waals surface area (Å²) in [6.07, 6.45) is 3.46. The Balaban J connectivity index is 1.31. The number of carbonyl (C=O) groups excluding carboxylic acids is 2. The molecule has 1 saturated heterocycles. The number of hydrogen-bond acceptors (Lipinski definition) is 11. The maximum Gasteiger partial charge on any atom is 0.353 e. The van der Waals surface area contributed by atoms with Gasteiger partial charge in [-0.1, -0.05) is 5.16 Å². The standard InChI is InChI=1S/C18H18N8O5S3/c1-31-23-11(9-4-33-18(19)21-9)14(27)22-12-15(28)26-13(17(29)30)10(5-32-16(12)26)34-8-2-24-6-20-7-25(24)3-8/h4,6-8,12,16H,2-3,5H2,1H3,(H3-,19,21,22,27,29,30)/p+1/b23-11-. The molecular weight excluding hydrogens is 504 g/mol. The number of amides is 2. The highest BCUT2D eigenvalue weighted by molar-refractivity contribution is 8.06. The van der Waals surface area contributed by atoms with Gasteiger partial charge >= 0.3 is 12.3 Å². The van der Waals surface area contributed by atoms with E-state index in [4.69, 9.17) is 10.6 Å². The zero-order valence-corrected chi connectivity index (χ0v) is 20.1. The second-order valence-electron chi connectivity index (χ2n) is 7.50. The molecule has 0 aromatic carbocycles. The molecule has 2 unspecified atom stereocenters. The first kappa shape index (κ1) is 22.7. The number of carbonyl (C=O) groups is 3. The van der Waals surface area contributed by atoms with E-state index in [1.54, 1.807) is 18.0 Å². The predicted molar refractivity (Wildman–Crippen MR) is 124 cm³/mol. The first-order valence-corrected chi connectivity index (χ1v) is 12.8. The van der Waals surface area contributed by atoms with E-state index in [0.29, 0.717) is 23.7 Å². The zero-order valence-electron chi connectivity index (χ0n) is 17.7. The van der Waals surface area contributed by atoms with E-state index in [1.165, 1.54) is 35.5 Å². The summed E-state index contributed by atoms with van der Waals surface area (Å²) in [5.74, 6) is -1.90. The summed E-state index contributed by atoms with van der Waals surface area (Å²) < 4.78 is 3.93. The highest BCUT2D eigenvalue weighted by atomic mass is 32.2. The summed E-state index contributed by atoms with van der Waals surface area (Å²) >= 11 is 4.01. The minimum Gasteiger partial charge on any atom is -0.477 e. The van der Waals surface area contributed by atoms with Gasteiger partial charge in [-0.05, 0) is 4.98 Å². The van der Waals surface area contributed by atoms with Crippen molar-refractivity contribution in [3.63, 3.8) is 0 Å². The van der Waals surface area contributed by atoms with Gasteiger partial charge in [-0.3, -0.25) is 14.5 Å². The molecule has 2 aromatic rings. The number of thioether (sulfide) groups is 2. The number of anilines is 1. The van der Waals surface area contributed by atoms with E-state index in [-0.39, 0.29) is 27.5 Å². The minimum atomic E-state index is -1.17. The number of rotatable bonds is 7. The van der Waals surface area contributed by atoms with Gasteiger partial charge in [0, 0.05) is 16.0 Å². The number of thiazole rings is 1. The van der Waals surface area contributed by atoms with Gasteiger partial charge in [0.1, 0.15) is 36.5 Å². The third-order valence-electron chi connectivity index (χ3n) is 5.40. The van der Waals surface area contributed by atoms with Crippen molar-refractivity contribution in [2.75, 3.05) is 18.6 Å². The molecule has 5 rings (SSSR count). The largest absolute Gasteiger partial charge is 0.477 e. The van der Waals surface area contributed by atoms with Crippen LogP contribution in [0, 0.1) is 0 Å². The smallest absolute Gasteiger partial charge is 0.353 e. The second kappa shape index (κ2) is 8.92. The number of nitrogen functional groups attached to an aromatic ring is 1. The van der Waals surface area contributed by atoms with E-state index < -0.39 is 29.2 Å². The normalized spacial score (nSPS) is 23.9. The van der Waals surface area contributed by atoms with Crippen molar-refractivity contribution in [2.45, 2.75) is 29.8 Å². The van der Waals surface area contributed by atoms with Crippen LogP contribution in [0.5, 0.6) is 0 Å². The molecule has 178 valence electrons. The fourth-order valence-electron chi connectivity index (χ4n) is 3.95. The maximum absolute atomic E-state index is 13.0. The molecule has 4 N–H and O–H groups in total. The van der Waals surface area contributed by atoms with E-state index in [0.717, 1.165) is 11.3 Å². The number of nitrogens with one attached hydrogen (secondary N) is 1. The lowest BCUT2D eigenvalue weighted by atomic mass is 10.0. The lowest BCUT2D eigenvalue weighted by Gasteiger charge is -2.49. The third kappa shape index (κ3) is 3.90. The summed E-state index contributed by atoms with van der Waals surface area (Å²) in [6.45, 7) is 1.40. The van der Waals surface area contributed by atoms with Crippen LogP contribution in [0.2, 0.25) is 0 Å². The van der Waals surface area contributed by atoms with Gasteiger partial charge in [-0.25, -0.2) is 9.78 Å². The molecule has 3 aliphatic heterocycles. The molecule has 2 aromatic heterocycles. The molecular formula is C18H19N8O5S3+. The first-order valence-electron chi connectivity index (χ1n) is 9.98. The number of aliphatic carboxylic acids is 1.